The Balaban J connectivity index is 1.49. The number of piperazine rings is 1. The number of aromatic nitrogens is 4. The van der Waals surface area contributed by atoms with Crippen molar-refractivity contribution in [3.63, 3.8) is 0 Å². The van der Waals surface area contributed by atoms with E-state index in [9.17, 15) is 0 Å². The second-order valence-electron chi connectivity index (χ2n) is 9.48. The summed E-state index contributed by atoms with van der Waals surface area (Å²) in [4.78, 5) is 4.85. The van der Waals surface area contributed by atoms with Gasteiger partial charge in [0, 0.05) is 31.7 Å². The molecule has 0 spiro atoms. The molecule has 1 aliphatic heterocycles. The Labute approximate surface area is 212 Å². The first kappa shape index (κ1) is 24.4. The summed E-state index contributed by atoms with van der Waals surface area (Å²) < 4.78 is 19.1. The largest absolute Gasteiger partial charge is 0.497 e. The van der Waals surface area contributed by atoms with Crippen LogP contribution in [0.2, 0.25) is 0 Å². The summed E-state index contributed by atoms with van der Waals surface area (Å²) in [7, 11) is 5.13. The smallest absolute Gasteiger partial charge is 0.173 e. The molecule has 0 unspecified atom stereocenters. The zero-order valence-corrected chi connectivity index (χ0v) is 21.5. The predicted octanol–water partition coefficient (Wildman–Crippen LogP) is 4.12. The van der Waals surface area contributed by atoms with Crippen molar-refractivity contribution in [1.29, 1.82) is 0 Å². The highest BCUT2D eigenvalue weighted by Crippen LogP contribution is 2.39. The zero-order chi connectivity index (χ0) is 24.9. The van der Waals surface area contributed by atoms with Gasteiger partial charge in [0.25, 0.3) is 0 Å². The van der Waals surface area contributed by atoms with Crippen LogP contribution in [-0.4, -0.2) is 72.6 Å². The SMILES string of the molecule is COc1ccc(OC)c([C@H](c2nnnn2C2CCCCC2)N2CCN(c3ccccc3OC)CC2)c1. The lowest BCUT2D eigenvalue weighted by Crippen LogP contribution is -2.48. The summed E-state index contributed by atoms with van der Waals surface area (Å²) in [5.41, 5.74) is 2.15. The number of hydrogen-bond acceptors (Lipinski definition) is 8. The van der Waals surface area contributed by atoms with Gasteiger partial charge in [-0.25, -0.2) is 4.68 Å². The number of para-hydroxylation sites is 2. The number of tetrazole rings is 1. The minimum absolute atomic E-state index is 0.146. The van der Waals surface area contributed by atoms with E-state index < -0.39 is 0 Å². The molecule has 1 saturated heterocycles. The van der Waals surface area contributed by atoms with Gasteiger partial charge in [-0.3, -0.25) is 4.90 Å². The summed E-state index contributed by atoms with van der Waals surface area (Å²) in [6.45, 7) is 3.43. The van der Waals surface area contributed by atoms with Gasteiger partial charge in [-0.05, 0) is 53.6 Å². The van der Waals surface area contributed by atoms with Crippen LogP contribution in [0.15, 0.2) is 42.5 Å². The lowest BCUT2D eigenvalue weighted by molar-refractivity contribution is 0.190. The standard InChI is InChI=1S/C27H36N6O3/c1-34-21-13-14-24(35-2)22(19-21)26(27-28-29-30-33(27)20-9-5-4-6-10-20)32-17-15-31(16-18-32)23-11-7-8-12-25(23)36-3/h7-8,11-14,19-20,26H,4-6,9-10,15-18H2,1-3H3/t26-/m1/s1. The fourth-order valence-corrected chi connectivity index (χ4v) is 5.63. The van der Waals surface area contributed by atoms with Crippen LogP contribution in [0, 0.1) is 0 Å². The molecule has 2 aromatic carbocycles. The molecular formula is C27H36N6O3. The first-order valence-electron chi connectivity index (χ1n) is 12.8. The van der Waals surface area contributed by atoms with Crippen LogP contribution in [0.5, 0.6) is 17.2 Å². The number of ether oxygens (including phenoxy) is 3. The molecule has 1 saturated carbocycles. The number of anilines is 1. The molecular weight excluding hydrogens is 456 g/mol. The van der Waals surface area contributed by atoms with Gasteiger partial charge in [-0.2, -0.15) is 0 Å². The maximum Gasteiger partial charge on any atom is 0.173 e. The molecule has 1 aliphatic carbocycles. The monoisotopic (exact) mass is 492 g/mol. The molecule has 1 atom stereocenters. The summed E-state index contributed by atoms with van der Waals surface area (Å²) in [6, 6.07) is 14.4. The second kappa shape index (κ2) is 11.2. The molecule has 3 aromatic rings. The van der Waals surface area contributed by atoms with Gasteiger partial charge in [0.1, 0.15) is 23.3 Å². The lowest BCUT2D eigenvalue weighted by Gasteiger charge is -2.40. The van der Waals surface area contributed by atoms with E-state index in [2.05, 4.69) is 48.2 Å². The van der Waals surface area contributed by atoms with Crippen LogP contribution >= 0.6 is 0 Å². The Bertz CT molecular complexity index is 1140. The Morgan fingerprint density at radius 3 is 2.31 bits per heavy atom. The topological polar surface area (TPSA) is 77.8 Å². The molecule has 2 fully saturated rings. The fourth-order valence-electron chi connectivity index (χ4n) is 5.63. The van der Waals surface area contributed by atoms with Crippen molar-refractivity contribution >= 4 is 5.69 Å². The Kier molecular flexibility index (Phi) is 7.55. The highest BCUT2D eigenvalue weighted by atomic mass is 16.5. The van der Waals surface area contributed by atoms with E-state index in [0.29, 0.717) is 6.04 Å². The molecule has 0 radical (unpaired) electrons. The number of rotatable bonds is 8. The van der Waals surface area contributed by atoms with Crippen molar-refractivity contribution in [2.75, 3.05) is 52.4 Å². The van der Waals surface area contributed by atoms with Crippen LogP contribution in [0.25, 0.3) is 0 Å². The molecule has 5 rings (SSSR count). The molecule has 36 heavy (non-hydrogen) atoms. The van der Waals surface area contributed by atoms with Crippen LogP contribution in [0.3, 0.4) is 0 Å². The van der Waals surface area contributed by atoms with Crippen LogP contribution in [0.1, 0.15) is 55.6 Å². The average molecular weight is 493 g/mol. The van der Waals surface area contributed by atoms with Crippen molar-refractivity contribution in [2.45, 2.75) is 44.2 Å². The molecule has 2 aliphatic rings. The van der Waals surface area contributed by atoms with E-state index in [-0.39, 0.29) is 6.04 Å². The molecule has 9 heteroatoms. The maximum absolute atomic E-state index is 5.83. The number of methoxy groups -OCH3 is 3. The molecule has 0 amide bonds. The van der Waals surface area contributed by atoms with Gasteiger partial charge < -0.3 is 19.1 Å². The number of benzene rings is 2. The van der Waals surface area contributed by atoms with Crippen molar-refractivity contribution in [3.05, 3.63) is 53.9 Å². The zero-order valence-electron chi connectivity index (χ0n) is 21.5. The van der Waals surface area contributed by atoms with Crippen LogP contribution in [0.4, 0.5) is 5.69 Å². The maximum atomic E-state index is 5.83. The highest BCUT2D eigenvalue weighted by molar-refractivity contribution is 5.58. The van der Waals surface area contributed by atoms with Gasteiger partial charge >= 0.3 is 0 Å². The van der Waals surface area contributed by atoms with Crippen LogP contribution in [-0.2, 0) is 0 Å². The van der Waals surface area contributed by atoms with E-state index in [1.54, 1.807) is 21.3 Å². The van der Waals surface area contributed by atoms with Crippen molar-refractivity contribution in [2.24, 2.45) is 0 Å². The Morgan fingerprint density at radius 1 is 0.833 bits per heavy atom. The van der Waals surface area contributed by atoms with Gasteiger partial charge in [-0.1, -0.05) is 31.4 Å². The normalized spacial score (nSPS) is 18.1. The third kappa shape index (κ3) is 4.84. The van der Waals surface area contributed by atoms with E-state index in [0.717, 1.165) is 73.3 Å². The van der Waals surface area contributed by atoms with Crippen molar-refractivity contribution in [3.8, 4) is 17.2 Å². The molecule has 1 aromatic heterocycles. The summed E-state index contributed by atoms with van der Waals surface area (Å²) >= 11 is 0. The first-order chi connectivity index (χ1) is 17.7. The van der Waals surface area contributed by atoms with Gasteiger partial charge in [0.2, 0.25) is 0 Å². The Hall–Kier alpha value is -3.33. The third-order valence-electron chi connectivity index (χ3n) is 7.52. The summed E-state index contributed by atoms with van der Waals surface area (Å²) in [5, 5.41) is 13.3. The average Bonchev–Trinajstić information content (AvgIpc) is 3.43. The molecule has 192 valence electrons. The molecule has 2 heterocycles. The van der Waals surface area contributed by atoms with Crippen LogP contribution < -0.4 is 19.1 Å². The summed E-state index contributed by atoms with van der Waals surface area (Å²) in [6.07, 6.45) is 5.94. The molecule has 0 bridgehead atoms. The minimum Gasteiger partial charge on any atom is -0.497 e. The van der Waals surface area contributed by atoms with E-state index in [1.165, 1.54) is 19.3 Å². The van der Waals surface area contributed by atoms with Gasteiger partial charge in [0.05, 0.1) is 33.1 Å². The van der Waals surface area contributed by atoms with Crippen molar-refractivity contribution < 1.29 is 14.2 Å². The van der Waals surface area contributed by atoms with E-state index in [4.69, 9.17) is 14.2 Å². The van der Waals surface area contributed by atoms with Crippen molar-refractivity contribution in [1.82, 2.24) is 25.1 Å². The molecule has 0 N–H and O–H groups in total. The fraction of sp³-hybridized carbons (Fsp3) is 0.519. The van der Waals surface area contributed by atoms with E-state index >= 15 is 0 Å². The molecule has 9 nitrogen and oxygen atoms in total. The number of hydrogen-bond donors (Lipinski definition) is 0. The first-order valence-corrected chi connectivity index (χ1v) is 12.8. The number of nitrogens with zero attached hydrogens (tertiary/aromatic N) is 6. The van der Waals surface area contributed by atoms with Gasteiger partial charge in [-0.15, -0.1) is 5.10 Å². The summed E-state index contributed by atoms with van der Waals surface area (Å²) in [5.74, 6) is 3.38. The minimum atomic E-state index is -0.146. The third-order valence-corrected chi connectivity index (χ3v) is 7.52. The van der Waals surface area contributed by atoms with Gasteiger partial charge in [0.15, 0.2) is 5.82 Å². The Morgan fingerprint density at radius 2 is 1.58 bits per heavy atom. The highest BCUT2D eigenvalue weighted by Gasteiger charge is 2.35. The second-order valence-corrected chi connectivity index (χ2v) is 9.48. The van der Waals surface area contributed by atoms with E-state index in [1.807, 2.05) is 24.3 Å². The predicted molar refractivity (Wildman–Crippen MR) is 138 cm³/mol. The lowest BCUT2D eigenvalue weighted by atomic mass is 9.94. The quantitative estimate of drug-likeness (QED) is 0.465.